The van der Waals surface area contributed by atoms with Gasteiger partial charge in [0.15, 0.2) is 0 Å². The number of nitrogens with two attached hydrogens (primary N) is 1. The molecule has 0 bridgehead atoms. The van der Waals surface area contributed by atoms with E-state index < -0.39 is 0 Å². The van der Waals surface area contributed by atoms with E-state index in [-0.39, 0.29) is 11.7 Å². The Bertz CT molecular complexity index is 357. The minimum Gasteiger partial charge on any atom is -0.330 e. The maximum atomic E-state index is 11.8. The van der Waals surface area contributed by atoms with E-state index in [1.54, 1.807) is 0 Å². The third-order valence-electron chi connectivity index (χ3n) is 2.64. The van der Waals surface area contributed by atoms with Crippen molar-refractivity contribution in [3.8, 4) is 0 Å². The van der Waals surface area contributed by atoms with Crippen molar-refractivity contribution in [2.75, 3.05) is 6.54 Å². The Hall–Kier alpha value is -1.16. The standard InChI is InChI=1S/C12H21N3O/c1-4-15-11(6-10(3)14-15)7-12(16)5-9(2)8-13/h6,9H,4-5,7-8,13H2,1-3H3. The largest absolute Gasteiger partial charge is 0.330 e. The molecule has 0 aliphatic heterocycles. The molecule has 16 heavy (non-hydrogen) atoms. The Kier molecular flexibility index (Phi) is 4.68. The molecule has 4 nitrogen and oxygen atoms in total. The van der Waals surface area contributed by atoms with E-state index in [4.69, 9.17) is 5.73 Å². The summed E-state index contributed by atoms with van der Waals surface area (Å²) in [7, 11) is 0. The third kappa shape index (κ3) is 3.45. The van der Waals surface area contributed by atoms with Gasteiger partial charge in [-0.05, 0) is 32.4 Å². The van der Waals surface area contributed by atoms with Crippen LogP contribution in [0.15, 0.2) is 6.07 Å². The first-order chi connectivity index (χ1) is 7.56. The lowest BCUT2D eigenvalue weighted by molar-refractivity contribution is -0.119. The minimum absolute atomic E-state index is 0.243. The molecule has 1 aromatic heterocycles. The zero-order valence-corrected chi connectivity index (χ0v) is 10.4. The number of Topliss-reactive ketones (excluding diaryl/α,β-unsaturated/α-hetero) is 1. The summed E-state index contributed by atoms with van der Waals surface area (Å²) in [6.07, 6.45) is 1.03. The predicted molar refractivity (Wildman–Crippen MR) is 64.2 cm³/mol. The molecule has 90 valence electrons. The molecule has 4 heteroatoms. The molecule has 2 N–H and O–H groups in total. The van der Waals surface area contributed by atoms with Crippen molar-refractivity contribution in [3.63, 3.8) is 0 Å². The van der Waals surface area contributed by atoms with Crippen molar-refractivity contribution in [2.24, 2.45) is 11.7 Å². The Morgan fingerprint density at radius 1 is 1.62 bits per heavy atom. The van der Waals surface area contributed by atoms with Crippen LogP contribution in [0.25, 0.3) is 0 Å². The summed E-state index contributed by atoms with van der Waals surface area (Å²) < 4.78 is 1.89. The van der Waals surface area contributed by atoms with Crippen LogP contribution < -0.4 is 5.73 Å². The first-order valence-electron chi connectivity index (χ1n) is 5.81. The van der Waals surface area contributed by atoms with Crippen molar-refractivity contribution in [3.05, 3.63) is 17.5 Å². The number of rotatable bonds is 6. The van der Waals surface area contributed by atoms with E-state index in [0.717, 1.165) is 17.9 Å². The highest BCUT2D eigenvalue weighted by molar-refractivity contribution is 5.80. The number of aryl methyl sites for hydroxylation is 2. The van der Waals surface area contributed by atoms with Crippen molar-refractivity contribution in [1.82, 2.24) is 9.78 Å². The van der Waals surface area contributed by atoms with Crippen LogP contribution in [0.4, 0.5) is 0 Å². The third-order valence-corrected chi connectivity index (χ3v) is 2.64. The molecule has 0 saturated heterocycles. The lowest BCUT2D eigenvalue weighted by Crippen LogP contribution is -2.17. The van der Waals surface area contributed by atoms with Crippen molar-refractivity contribution in [2.45, 2.75) is 40.2 Å². The van der Waals surface area contributed by atoms with Crippen LogP contribution in [0.2, 0.25) is 0 Å². The Morgan fingerprint density at radius 2 is 2.31 bits per heavy atom. The fraction of sp³-hybridized carbons (Fsp3) is 0.667. The van der Waals surface area contributed by atoms with Crippen LogP contribution >= 0.6 is 0 Å². The number of nitrogens with zero attached hydrogens (tertiary/aromatic N) is 2. The molecule has 1 aromatic rings. The van der Waals surface area contributed by atoms with Gasteiger partial charge in [0.05, 0.1) is 5.69 Å². The second-order valence-electron chi connectivity index (χ2n) is 4.35. The van der Waals surface area contributed by atoms with Gasteiger partial charge in [0, 0.05) is 25.1 Å². The maximum Gasteiger partial charge on any atom is 0.139 e. The zero-order valence-electron chi connectivity index (χ0n) is 10.4. The number of carbonyl (C=O) groups excluding carboxylic acids is 1. The smallest absolute Gasteiger partial charge is 0.139 e. The molecule has 0 saturated carbocycles. The fourth-order valence-electron chi connectivity index (χ4n) is 1.76. The molecule has 0 aliphatic rings. The van der Waals surface area contributed by atoms with Gasteiger partial charge in [0.1, 0.15) is 5.78 Å². The second-order valence-corrected chi connectivity index (χ2v) is 4.35. The minimum atomic E-state index is 0.243. The molecule has 1 rings (SSSR count). The molecule has 1 unspecified atom stereocenters. The van der Waals surface area contributed by atoms with E-state index in [2.05, 4.69) is 5.10 Å². The van der Waals surface area contributed by atoms with Crippen LogP contribution in [0.1, 0.15) is 31.7 Å². The van der Waals surface area contributed by atoms with Gasteiger partial charge in [-0.15, -0.1) is 0 Å². The molecule has 0 aliphatic carbocycles. The summed E-state index contributed by atoms with van der Waals surface area (Å²) in [6, 6.07) is 1.98. The monoisotopic (exact) mass is 223 g/mol. The molecular weight excluding hydrogens is 202 g/mol. The lowest BCUT2D eigenvalue weighted by atomic mass is 10.0. The summed E-state index contributed by atoms with van der Waals surface area (Å²) in [5.74, 6) is 0.513. The average molecular weight is 223 g/mol. The van der Waals surface area contributed by atoms with Crippen molar-refractivity contribution in [1.29, 1.82) is 0 Å². The highest BCUT2D eigenvalue weighted by Gasteiger charge is 2.12. The van der Waals surface area contributed by atoms with Gasteiger partial charge >= 0.3 is 0 Å². The van der Waals surface area contributed by atoms with Crippen LogP contribution in [0.3, 0.4) is 0 Å². The van der Waals surface area contributed by atoms with Gasteiger partial charge in [-0.1, -0.05) is 6.92 Å². The maximum absolute atomic E-state index is 11.8. The van der Waals surface area contributed by atoms with Gasteiger partial charge in [-0.25, -0.2) is 0 Å². The highest BCUT2D eigenvalue weighted by Crippen LogP contribution is 2.09. The van der Waals surface area contributed by atoms with E-state index in [1.807, 2.05) is 31.5 Å². The molecular formula is C12H21N3O. The average Bonchev–Trinajstić information content (AvgIpc) is 2.58. The predicted octanol–water partition coefficient (Wildman–Crippen LogP) is 1.31. The molecule has 0 spiro atoms. The first-order valence-corrected chi connectivity index (χ1v) is 5.81. The molecule has 0 radical (unpaired) electrons. The first kappa shape index (κ1) is 12.9. The summed E-state index contributed by atoms with van der Waals surface area (Å²) in [5.41, 5.74) is 7.48. The Labute approximate surface area is 96.8 Å². The fourth-order valence-corrected chi connectivity index (χ4v) is 1.76. The Balaban J connectivity index is 2.61. The summed E-state index contributed by atoms with van der Waals surface area (Å²) in [4.78, 5) is 11.8. The van der Waals surface area contributed by atoms with Crippen molar-refractivity contribution < 1.29 is 4.79 Å². The number of ketones is 1. The topological polar surface area (TPSA) is 60.9 Å². The van der Waals surface area contributed by atoms with Crippen molar-refractivity contribution >= 4 is 5.78 Å². The zero-order chi connectivity index (χ0) is 12.1. The molecule has 1 heterocycles. The van der Waals surface area contributed by atoms with Crippen LogP contribution in [-0.4, -0.2) is 22.1 Å². The number of hydrogen-bond donors (Lipinski definition) is 1. The molecule has 0 fully saturated rings. The quantitative estimate of drug-likeness (QED) is 0.791. The van der Waals surface area contributed by atoms with E-state index in [1.165, 1.54) is 0 Å². The molecule has 0 aromatic carbocycles. The van der Waals surface area contributed by atoms with E-state index in [0.29, 0.717) is 19.4 Å². The molecule has 0 amide bonds. The number of hydrogen-bond acceptors (Lipinski definition) is 3. The van der Waals surface area contributed by atoms with Gasteiger partial charge < -0.3 is 5.73 Å². The van der Waals surface area contributed by atoms with Crippen LogP contribution in [-0.2, 0) is 17.8 Å². The van der Waals surface area contributed by atoms with Gasteiger partial charge in [0.25, 0.3) is 0 Å². The lowest BCUT2D eigenvalue weighted by Gasteiger charge is -2.07. The van der Waals surface area contributed by atoms with Gasteiger partial charge in [-0.3, -0.25) is 9.48 Å². The second kappa shape index (κ2) is 5.80. The van der Waals surface area contributed by atoms with Crippen LogP contribution in [0, 0.1) is 12.8 Å². The normalized spacial score (nSPS) is 12.8. The number of carbonyl (C=O) groups is 1. The summed E-state index contributed by atoms with van der Waals surface area (Å²) in [6.45, 7) is 7.35. The van der Waals surface area contributed by atoms with E-state index >= 15 is 0 Å². The summed E-state index contributed by atoms with van der Waals surface area (Å²) >= 11 is 0. The van der Waals surface area contributed by atoms with Gasteiger partial charge in [0.2, 0.25) is 0 Å². The molecule has 1 atom stereocenters. The highest BCUT2D eigenvalue weighted by atomic mass is 16.1. The van der Waals surface area contributed by atoms with E-state index in [9.17, 15) is 4.79 Å². The van der Waals surface area contributed by atoms with Crippen LogP contribution in [0.5, 0.6) is 0 Å². The summed E-state index contributed by atoms with van der Waals surface area (Å²) in [5, 5.41) is 4.32. The number of aromatic nitrogens is 2. The SMILES string of the molecule is CCn1nc(C)cc1CC(=O)CC(C)CN. The Morgan fingerprint density at radius 3 is 2.88 bits per heavy atom. The van der Waals surface area contributed by atoms with Gasteiger partial charge in [-0.2, -0.15) is 5.10 Å².